The predicted molar refractivity (Wildman–Crippen MR) is 74.5 cm³/mol. The van der Waals surface area contributed by atoms with Gasteiger partial charge in [-0.2, -0.15) is 0 Å². The van der Waals surface area contributed by atoms with E-state index in [-0.39, 0.29) is 0 Å². The highest BCUT2D eigenvalue weighted by molar-refractivity contribution is 5.56. The van der Waals surface area contributed by atoms with E-state index in [0.29, 0.717) is 6.54 Å². The molecule has 0 saturated carbocycles. The minimum atomic E-state index is 0.695. The van der Waals surface area contributed by atoms with E-state index >= 15 is 0 Å². The number of H-pyrrole nitrogens is 1. The van der Waals surface area contributed by atoms with Crippen LogP contribution in [0.5, 0.6) is 0 Å². The molecular weight excluding hydrogens is 254 g/mol. The Morgan fingerprint density at radius 1 is 1.30 bits per heavy atom. The molecule has 2 N–H and O–H groups in total. The highest BCUT2D eigenvalue weighted by atomic mass is 15.5. The van der Waals surface area contributed by atoms with Gasteiger partial charge in [0, 0.05) is 5.69 Å². The lowest BCUT2D eigenvalue weighted by molar-refractivity contribution is 0.789. The zero-order valence-corrected chi connectivity index (χ0v) is 11.3. The molecule has 2 aromatic heterocycles. The first-order chi connectivity index (χ1) is 9.72. The van der Waals surface area contributed by atoms with Crippen LogP contribution in [0.4, 0.5) is 5.69 Å². The summed E-state index contributed by atoms with van der Waals surface area (Å²) in [6.45, 7) is 4.69. The molecule has 7 heteroatoms. The number of rotatable bonds is 4. The zero-order chi connectivity index (χ0) is 13.9. The van der Waals surface area contributed by atoms with Crippen LogP contribution >= 0.6 is 0 Å². The number of tetrazole rings is 1. The first-order valence-corrected chi connectivity index (χ1v) is 6.31. The van der Waals surface area contributed by atoms with Crippen LogP contribution < -0.4 is 5.32 Å². The van der Waals surface area contributed by atoms with Crippen LogP contribution in [0.2, 0.25) is 0 Å². The first kappa shape index (κ1) is 12.3. The van der Waals surface area contributed by atoms with Gasteiger partial charge in [0.1, 0.15) is 12.2 Å². The predicted octanol–water partition coefficient (Wildman–Crippen LogP) is 1.61. The van der Waals surface area contributed by atoms with Crippen molar-refractivity contribution < 1.29 is 0 Å². The molecule has 0 bridgehead atoms. The quantitative estimate of drug-likeness (QED) is 0.751. The van der Waals surface area contributed by atoms with E-state index in [0.717, 1.165) is 28.5 Å². The molecule has 20 heavy (non-hydrogen) atoms. The Bertz CT molecular complexity index is 699. The van der Waals surface area contributed by atoms with Crippen LogP contribution in [0, 0.1) is 13.8 Å². The third-order valence-electron chi connectivity index (χ3n) is 3.06. The summed E-state index contributed by atoms with van der Waals surface area (Å²) in [7, 11) is 0. The fourth-order valence-electron chi connectivity index (χ4n) is 1.97. The van der Waals surface area contributed by atoms with Crippen LogP contribution in [0.25, 0.3) is 5.69 Å². The molecule has 3 rings (SSSR count). The van der Waals surface area contributed by atoms with Crippen molar-refractivity contribution in [2.45, 2.75) is 20.4 Å². The van der Waals surface area contributed by atoms with Crippen molar-refractivity contribution in [2.24, 2.45) is 0 Å². The fourth-order valence-corrected chi connectivity index (χ4v) is 1.97. The maximum atomic E-state index is 4.18. The van der Waals surface area contributed by atoms with Crippen LogP contribution in [-0.4, -0.2) is 30.2 Å². The minimum absolute atomic E-state index is 0.695. The van der Waals surface area contributed by atoms with Gasteiger partial charge in [0.15, 0.2) is 0 Å². The van der Waals surface area contributed by atoms with Crippen LogP contribution in [0.3, 0.4) is 0 Å². The molecule has 0 aliphatic heterocycles. The summed E-state index contributed by atoms with van der Waals surface area (Å²) >= 11 is 0. The fraction of sp³-hybridized carbons (Fsp3) is 0.231. The van der Waals surface area contributed by atoms with E-state index in [1.807, 2.05) is 31.3 Å². The monoisotopic (exact) mass is 269 g/mol. The van der Waals surface area contributed by atoms with Crippen LogP contribution in [0.15, 0.2) is 30.7 Å². The van der Waals surface area contributed by atoms with Crippen LogP contribution in [-0.2, 0) is 6.54 Å². The molecule has 0 saturated heterocycles. The minimum Gasteiger partial charge on any atom is -0.379 e. The van der Waals surface area contributed by atoms with Gasteiger partial charge in [-0.25, -0.2) is 9.67 Å². The lowest BCUT2D eigenvalue weighted by Gasteiger charge is -2.10. The third-order valence-corrected chi connectivity index (χ3v) is 3.06. The third kappa shape index (κ3) is 2.51. The highest BCUT2D eigenvalue weighted by Crippen LogP contribution is 2.19. The average Bonchev–Trinajstić information content (AvgIpc) is 3.09. The SMILES string of the molecule is Cc1ncc(CNc2cc(-n3cnnn3)ccc2C)[nH]1. The normalized spacial score (nSPS) is 10.7. The van der Waals surface area contributed by atoms with E-state index in [9.17, 15) is 0 Å². The highest BCUT2D eigenvalue weighted by Gasteiger charge is 2.04. The molecule has 0 aliphatic carbocycles. The molecule has 0 spiro atoms. The molecule has 0 unspecified atom stereocenters. The van der Waals surface area contributed by atoms with Gasteiger partial charge in [-0.05, 0) is 42.0 Å². The van der Waals surface area contributed by atoms with Crippen molar-refractivity contribution in [3.63, 3.8) is 0 Å². The molecule has 2 heterocycles. The number of hydrogen-bond acceptors (Lipinski definition) is 5. The van der Waals surface area contributed by atoms with Gasteiger partial charge in [-0.1, -0.05) is 6.07 Å². The molecule has 0 atom stereocenters. The second kappa shape index (κ2) is 5.12. The standard InChI is InChI=1S/C13H15N7/c1-9-3-4-12(20-8-16-18-19-20)5-13(9)15-7-11-6-14-10(2)17-11/h3-6,8,15H,7H2,1-2H3,(H,14,17). The molecule has 0 radical (unpaired) electrons. The van der Waals surface area contributed by atoms with Gasteiger partial charge in [0.25, 0.3) is 0 Å². The van der Waals surface area contributed by atoms with Crippen molar-refractivity contribution in [2.75, 3.05) is 5.32 Å². The maximum Gasteiger partial charge on any atom is 0.143 e. The number of aromatic amines is 1. The average molecular weight is 269 g/mol. The van der Waals surface area contributed by atoms with E-state index in [1.165, 1.54) is 0 Å². The zero-order valence-electron chi connectivity index (χ0n) is 11.3. The van der Waals surface area contributed by atoms with Gasteiger partial charge < -0.3 is 10.3 Å². The topological polar surface area (TPSA) is 84.3 Å². The molecule has 0 aliphatic rings. The number of aromatic nitrogens is 6. The Hall–Kier alpha value is -2.70. The number of aryl methyl sites for hydroxylation is 2. The number of hydrogen-bond donors (Lipinski definition) is 2. The Kier molecular flexibility index (Phi) is 3.16. The number of nitrogens with one attached hydrogen (secondary N) is 2. The van der Waals surface area contributed by atoms with Crippen molar-refractivity contribution in [3.8, 4) is 5.69 Å². The van der Waals surface area contributed by atoms with Crippen LogP contribution in [0.1, 0.15) is 17.1 Å². The summed E-state index contributed by atoms with van der Waals surface area (Å²) < 4.78 is 1.63. The number of anilines is 1. The smallest absolute Gasteiger partial charge is 0.143 e. The molecule has 1 aromatic carbocycles. The van der Waals surface area contributed by atoms with Crippen molar-refractivity contribution in [1.29, 1.82) is 0 Å². The summed E-state index contributed by atoms with van der Waals surface area (Å²) in [5, 5.41) is 14.6. The number of benzene rings is 1. The van der Waals surface area contributed by atoms with Gasteiger partial charge in [0.05, 0.1) is 24.1 Å². The molecule has 3 aromatic rings. The van der Waals surface area contributed by atoms with E-state index in [1.54, 1.807) is 11.0 Å². The summed E-state index contributed by atoms with van der Waals surface area (Å²) in [6.07, 6.45) is 3.41. The summed E-state index contributed by atoms with van der Waals surface area (Å²) in [4.78, 5) is 7.38. The molecule has 102 valence electrons. The largest absolute Gasteiger partial charge is 0.379 e. The Morgan fingerprint density at radius 2 is 2.20 bits per heavy atom. The maximum absolute atomic E-state index is 4.18. The summed E-state index contributed by atoms with van der Waals surface area (Å²) in [5.41, 5.74) is 4.18. The summed E-state index contributed by atoms with van der Waals surface area (Å²) in [5.74, 6) is 0.918. The Morgan fingerprint density at radius 3 is 2.90 bits per heavy atom. The van der Waals surface area contributed by atoms with Crippen molar-refractivity contribution in [1.82, 2.24) is 30.2 Å². The van der Waals surface area contributed by atoms with Gasteiger partial charge in [0.2, 0.25) is 0 Å². The lowest BCUT2D eigenvalue weighted by Crippen LogP contribution is -2.03. The Balaban J connectivity index is 1.80. The summed E-state index contributed by atoms with van der Waals surface area (Å²) in [6, 6.07) is 6.05. The molecular formula is C13H15N7. The second-order valence-electron chi connectivity index (χ2n) is 4.60. The van der Waals surface area contributed by atoms with Gasteiger partial charge in [-0.3, -0.25) is 0 Å². The number of nitrogens with zero attached hydrogens (tertiary/aromatic N) is 5. The second-order valence-corrected chi connectivity index (χ2v) is 4.60. The van der Waals surface area contributed by atoms with Gasteiger partial charge >= 0.3 is 0 Å². The lowest BCUT2D eigenvalue weighted by atomic mass is 10.2. The van der Waals surface area contributed by atoms with Crippen molar-refractivity contribution >= 4 is 5.69 Å². The van der Waals surface area contributed by atoms with Crippen molar-refractivity contribution in [3.05, 3.63) is 47.8 Å². The van der Waals surface area contributed by atoms with E-state index in [2.05, 4.69) is 37.7 Å². The molecule has 0 fully saturated rings. The first-order valence-electron chi connectivity index (χ1n) is 6.31. The Labute approximate surface area is 116 Å². The number of imidazole rings is 1. The molecule has 7 nitrogen and oxygen atoms in total. The van der Waals surface area contributed by atoms with E-state index in [4.69, 9.17) is 0 Å². The van der Waals surface area contributed by atoms with E-state index < -0.39 is 0 Å². The van der Waals surface area contributed by atoms with Gasteiger partial charge in [-0.15, -0.1) is 5.10 Å². The molecule has 0 amide bonds.